The Morgan fingerprint density at radius 2 is 1.48 bits per heavy atom. The largest absolute Gasteiger partial charge is 0.497 e. The molecular weight excluding hydrogens is 396 g/mol. The number of hydrogen-bond acceptors (Lipinski definition) is 6. The van der Waals surface area contributed by atoms with Crippen LogP contribution in [0.1, 0.15) is 22.1 Å². The zero-order chi connectivity index (χ0) is 22.0. The van der Waals surface area contributed by atoms with Gasteiger partial charge in [-0.3, -0.25) is 9.69 Å². The molecule has 0 radical (unpaired) electrons. The van der Waals surface area contributed by atoms with Gasteiger partial charge in [0.1, 0.15) is 11.9 Å². The summed E-state index contributed by atoms with van der Waals surface area (Å²) in [6.45, 7) is 0. The van der Waals surface area contributed by atoms with Crippen LogP contribution in [0.3, 0.4) is 0 Å². The highest BCUT2D eigenvalue weighted by Gasteiger charge is 2.36. The molecule has 7 heteroatoms. The number of ether oxygens (including phenoxy) is 4. The van der Waals surface area contributed by atoms with E-state index in [0.29, 0.717) is 28.6 Å². The zero-order valence-electron chi connectivity index (χ0n) is 17.8. The van der Waals surface area contributed by atoms with Crippen LogP contribution in [0.4, 0.5) is 11.4 Å². The molecule has 0 spiro atoms. The van der Waals surface area contributed by atoms with Gasteiger partial charge in [0, 0.05) is 11.1 Å². The maximum Gasteiger partial charge on any atom is 0.260 e. The van der Waals surface area contributed by atoms with Crippen molar-refractivity contribution in [2.24, 2.45) is 0 Å². The molecule has 0 fully saturated rings. The molecule has 1 heterocycles. The first-order valence-electron chi connectivity index (χ1n) is 9.74. The van der Waals surface area contributed by atoms with Gasteiger partial charge in [-0.25, -0.2) is 0 Å². The van der Waals surface area contributed by atoms with E-state index >= 15 is 0 Å². The lowest BCUT2D eigenvalue weighted by Crippen LogP contribution is -2.34. The van der Waals surface area contributed by atoms with E-state index in [1.165, 1.54) is 0 Å². The number of para-hydroxylation sites is 2. The topological polar surface area (TPSA) is 69.3 Å². The van der Waals surface area contributed by atoms with Gasteiger partial charge in [0.25, 0.3) is 5.91 Å². The van der Waals surface area contributed by atoms with Crippen LogP contribution < -0.4 is 29.2 Å². The Hall–Kier alpha value is -3.87. The van der Waals surface area contributed by atoms with E-state index < -0.39 is 6.17 Å². The predicted molar refractivity (Wildman–Crippen MR) is 119 cm³/mol. The average Bonchev–Trinajstić information content (AvgIpc) is 3.22. The molecule has 0 saturated heterocycles. The van der Waals surface area contributed by atoms with E-state index in [1.54, 1.807) is 57.6 Å². The highest BCUT2D eigenvalue weighted by Crippen LogP contribution is 2.46. The third-order valence-corrected chi connectivity index (χ3v) is 5.27. The summed E-state index contributed by atoms with van der Waals surface area (Å²) < 4.78 is 21.7. The molecule has 1 unspecified atom stereocenters. The number of methoxy groups -OCH3 is 4. The van der Waals surface area contributed by atoms with E-state index in [-0.39, 0.29) is 5.91 Å². The average molecular weight is 420 g/mol. The molecule has 3 aromatic rings. The van der Waals surface area contributed by atoms with Crippen molar-refractivity contribution in [3.8, 4) is 23.0 Å². The normalized spacial score (nSPS) is 14.5. The summed E-state index contributed by atoms with van der Waals surface area (Å²) in [6, 6.07) is 18.5. The standard InChI is InChI=1S/C24H24N2O5/c1-28-17-11-9-15(10-12-17)24(27)26-19-8-6-5-7-18(19)25-23(26)16-13-20(29-2)22(31-4)21(14-16)30-3/h5-14,23,25H,1-4H3. The Bertz CT molecular complexity index is 1070. The summed E-state index contributed by atoms with van der Waals surface area (Å²) in [6.07, 6.45) is -0.458. The first kappa shape index (κ1) is 20.4. The Balaban J connectivity index is 1.80. The van der Waals surface area contributed by atoms with Crippen molar-refractivity contribution >= 4 is 17.3 Å². The van der Waals surface area contributed by atoms with Crippen LogP contribution >= 0.6 is 0 Å². The lowest BCUT2D eigenvalue weighted by molar-refractivity contribution is 0.0981. The minimum atomic E-state index is -0.458. The van der Waals surface area contributed by atoms with Crippen molar-refractivity contribution in [3.63, 3.8) is 0 Å². The molecule has 1 aliphatic rings. The summed E-state index contributed by atoms with van der Waals surface area (Å²) in [5, 5.41) is 3.44. The molecule has 1 amide bonds. The summed E-state index contributed by atoms with van der Waals surface area (Å²) in [5.41, 5.74) is 3.01. The minimum absolute atomic E-state index is 0.140. The molecule has 3 aromatic carbocycles. The van der Waals surface area contributed by atoms with Crippen LogP contribution in [0.15, 0.2) is 60.7 Å². The first-order valence-corrected chi connectivity index (χ1v) is 9.74. The van der Waals surface area contributed by atoms with Crippen molar-refractivity contribution in [1.82, 2.24) is 0 Å². The van der Waals surface area contributed by atoms with E-state index in [4.69, 9.17) is 18.9 Å². The van der Waals surface area contributed by atoms with Gasteiger partial charge in [-0.1, -0.05) is 12.1 Å². The fourth-order valence-corrected chi connectivity index (χ4v) is 3.75. The molecule has 1 N–H and O–H groups in total. The Morgan fingerprint density at radius 3 is 2.06 bits per heavy atom. The van der Waals surface area contributed by atoms with Crippen molar-refractivity contribution in [1.29, 1.82) is 0 Å². The van der Waals surface area contributed by atoms with Crippen LogP contribution in [0.2, 0.25) is 0 Å². The van der Waals surface area contributed by atoms with Gasteiger partial charge in [0.15, 0.2) is 11.5 Å². The molecule has 0 aliphatic carbocycles. The van der Waals surface area contributed by atoms with Crippen LogP contribution in [0.5, 0.6) is 23.0 Å². The fourth-order valence-electron chi connectivity index (χ4n) is 3.75. The number of nitrogens with zero attached hydrogens (tertiary/aromatic N) is 1. The number of rotatable bonds is 6. The summed E-state index contributed by atoms with van der Waals surface area (Å²) in [4.78, 5) is 15.3. The van der Waals surface area contributed by atoms with Gasteiger partial charge in [-0.05, 0) is 48.5 Å². The number of nitrogens with one attached hydrogen (secondary N) is 1. The molecule has 0 bridgehead atoms. The molecule has 7 nitrogen and oxygen atoms in total. The van der Waals surface area contributed by atoms with Gasteiger partial charge in [-0.15, -0.1) is 0 Å². The van der Waals surface area contributed by atoms with Crippen molar-refractivity contribution in [3.05, 3.63) is 71.8 Å². The van der Waals surface area contributed by atoms with E-state index in [1.807, 2.05) is 36.4 Å². The zero-order valence-corrected chi connectivity index (χ0v) is 17.8. The second-order valence-corrected chi connectivity index (χ2v) is 6.93. The lowest BCUT2D eigenvalue weighted by Gasteiger charge is -2.26. The smallest absolute Gasteiger partial charge is 0.260 e. The van der Waals surface area contributed by atoms with Gasteiger partial charge >= 0.3 is 0 Å². The monoisotopic (exact) mass is 420 g/mol. The molecule has 0 saturated carbocycles. The number of hydrogen-bond donors (Lipinski definition) is 1. The third-order valence-electron chi connectivity index (χ3n) is 5.27. The molecule has 0 aromatic heterocycles. The SMILES string of the molecule is COc1ccc(C(=O)N2c3ccccc3NC2c2cc(OC)c(OC)c(OC)c2)cc1. The van der Waals surface area contributed by atoms with Gasteiger partial charge < -0.3 is 24.3 Å². The van der Waals surface area contributed by atoms with Gasteiger partial charge in [-0.2, -0.15) is 0 Å². The van der Waals surface area contributed by atoms with Crippen LogP contribution in [-0.4, -0.2) is 34.3 Å². The molecule has 4 rings (SSSR count). The molecule has 1 atom stereocenters. The van der Waals surface area contributed by atoms with Crippen LogP contribution in [-0.2, 0) is 0 Å². The molecule has 160 valence electrons. The minimum Gasteiger partial charge on any atom is -0.497 e. The number of anilines is 2. The summed E-state index contributed by atoms with van der Waals surface area (Å²) >= 11 is 0. The highest BCUT2D eigenvalue weighted by molar-refractivity contribution is 6.10. The number of amides is 1. The number of benzene rings is 3. The number of fused-ring (bicyclic) bond motifs is 1. The third kappa shape index (κ3) is 3.59. The van der Waals surface area contributed by atoms with Crippen molar-refractivity contribution in [2.75, 3.05) is 38.7 Å². The second-order valence-electron chi connectivity index (χ2n) is 6.93. The lowest BCUT2D eigenvalue weighted by atomic mass is 10.1. The molecule has 31 heavy (non-hydrogen) atoms. The maximum absolute atomic E-state index is 13.6. The van der Waals surface area contributed by atoms with Gasteiger partial charge in [0.05, 0.1) is 39.8 Å². The summed E-state index contributed by atoms with van der Waals surface area (Å²) in [5.74, 6) is 2.09. The Morgan fingerprint density at radius 1 is 0.839 bits per heavy atom. The summed E-state index contributed by atoms with van der Waals surface area (Å²) in [7, 11) is 6.29. The van der Waals surface area contributed by atoms with E-state index in [9.17, 15) is 4.79 Å². The number of carbonyl (C=O) groups excluding carboxylic acids is 1. The Kier molecular flexibility index (Phi) is 5.58. The number of carbonyl (C=O) groups is 1. The maximum atomic E-state index is 13.6. The fraction of sp³-hybridized carbons (Fsp3) is 0.208. The molecule has 1 aliphatic heterocycles. The predicted octanol–water partition coefficient (Wildman–Crippen LogP) is 4.49. The molecular formula is C24H24N2O5. The van der Waals surface area contributed by atoms with Crippen molar-refractivity contribution in [2.45, 2.75) is 6.17 Å². The highest BCUT2D eigenvalue weighted by atomic mass is 16.5. The van der Waals surface area contributed by atoms with E-state index in [2.05, 4.69) is 5.32 Å². The second kappa shape index (κ2) is 8.47. The van der Waals surface area contributed by atoms with Gasteiger partial charge in [0.2, 0.25) is 5.75 Å². The van der Waals surface area contributed by atoms with Crippen LogP contribution in [0.25, 0.3) is 0 Å². The van der Waals surface area contributed by atoms with Crippen LogP contribution in [0, 0.1) is 0 Å². The first-order chi connectivity index (χ1) is 15.1. The van der Waals surface area contributed by atoms with E-state index in [0.717, 1.165) is 16.9 Å². The quantitative estimate of drug-likeness (QED) is 0.634. The van der Waals surface area contributed by atoms with Crippen molar-refractivity contribution < 1.29 is 23.7 Å². The Labute approximate surface area is 181 Å².